The average Bonchev–Trinajstić information content (AvgIpc) is 3.61. The SMILES string of the molecule is [N-]=[N+]=NCCOCCOCCOCCNC(=O)CCCC(=O)OP(=O)([O-])OP(=O)([O-])OP(=O)(O)OC[C@H]1O[C@@H](n2cnc3c(N)ncnc32)[C@@H](O)C1O. The zero-order valence-electron chi connectivity index (χ0n) is 27.5. The smallest absolute Gasteiger partial charge is 0.478 e. The number of phosphoric acid groups is 3. The number of hydrogen-bond donors (Lipinski definition) is 5. The summed E-state index contributed by atoms with van der Waals surface area (Å²) in [5.74, 6) is -2.05. The van der Waals surface area contributed by atoms with Gasteiger partial charge in [-0.1, -0.05) is 5.11 Å². The number of rotatable bonds is 25. The van der Waals surface area contributed by atoms with Gasteiger partial charge in [0.05, 0.1) is 52.6 Å². The number of nitrogens with zero attached hydrogens (tertiary/aromatic N) is 7. The maximum Gasteiger partial charge on any atom is 0.478 e. The minimum Gasteiger partial charge on any atom is -0.756 e. The first-order valence-corrected chi connectivity index (χ1v) is 19.7. The Morgan fingerprint density at radius 2 is 1.68 bits per heavy atom. The van der Waals surface area contributed by atoms with Gasteiger partial charge >= 0.3 is 21.6 Å². The zero-order valence-corrected chi connectivity index (χ0v) is 30.1. The molecule has 0 saturated carbocycles. The van der Waals surface area contributed by atoms with Crippen molar-refractivity contribution in [3.8, 4) is 0 Å². The molecule has 6 N–H and O–H groups in total. The van der Waals surface area contributed by atoms with Gasteiger partial charge in [-0.3, -0.25) is 27.8 Å². The van der Waals surface area contributed by atoms with Crippen LogP contribution in [0, 0.1) is 0 Å². The van der Waals surface area contributed by atoms with E-state index in [1.54, 1.807) is 0 Å². The highest BCUT2D eigenvalue weighted by Gasteiger charge is 2.46. The predicted octanol–water partition coefficient (Wildman–Crippen LogP) is -1.70. The summed E-state index contributed by atoms with van der Waals surface area (Å²) in [6.07, 6.45) is -5.30. The van der Waals surface area contributed by atoms with Crippen molar-refractivity contribution in [2.75, 3.05) is 65.1 Å². The Balaban J connectivity index is 1.31. The lowest BCUT2D eigenvalue weighted by molar-refractivity contribution is -0.238. The molecule has 30 heteroatoms. The summed E-state index contributed by atoms with van der Waals surface area (Å²) in [6.45, 7) is 0.754. The number of phosphoric ester groups is 2. The van der Waals surface area contributed by atoms with E-state index in [4.69, 9.17) is 30.2 Å². The Kier molecular flexibility index (Phi) is 17.6. The van der Waals surface area contributed by atoms with Gasteiger partial charge in [0.15, 0.2) is 17.7 Å². The maximum atomic E-state index is 12.3. The monoisotopic (exact) mass is 819 g/mol. The van der Waals surface area contributed by atoms with Crippen LogP contribution in [-0.2, 0) is 59.9 Å². The minimum absolute atomic E-state index is 0.000721. The van der Waals surface area contributed by atoms with Gasteiger partial charge in [-0.2, -0.15) is 0 Å². The number of nitrogen functional groups attached to an aromatic ring is 1. The number of aliphatic hydroxyl groups is 2. The molecular formula is C23H36N9O18P3-2. The predicted molar refractivity (Wildman–Crippen MR) is 168 cm³/mol. The van der Waals surface area contributed by atoms with Crippen molar-refractivity contribution < 1.29 is 84.8 Å². The van der Waals surface area contributed by atoms with E-state index in [1.165, 1.54) is 4.57 Å². The van der Waals surface area contributed by atoms with Gasteiger partial charge in [0, 0.05) is 30.8 Å². The van der Waals surface area contributed by atoms with E-state index in [0.717, 1.165) is 12.7 Å². The molecule has 0 aromatic carbocycles. The van der Waals surface area contributed by atoms with Crippen LogP contribution in [0.3, 0.4) is 0 Å². The van der Waals surface area contributed by atoms with E-state index >= 15 is 0 Å². The third-order valence-electron chi connectivity index (χ3n) is 6.51. The molecular weight excluding hydrogens is 783 g/mol. The molecule has 1 amide bonds. The second-order valence-electron chi connectivity index (χ2n) is 10.4. The molecule has 4 unspecified atom stereocenters. The molecule has 3 heterocycles. The fraction of sp³-hybridized carbons (Fsp3) is 0.696. The highest BCUT2D eigenvalue weighted by atomic mass is 31.3. The zero-order chi connectivity index (χ0) is 39.1. The van der Waals surface area contributed by atoms with Crippen molar-refractivity contribution in [3.05, 3.63) is 23.1 Å². The first kappa shape index (κ1) is 44.2. The van der Waals surface area contributed by atoms with Crippen LogP contribution < -0.4 is 20.8 Å². The Labute approximate surface area is 299 Å². The first-order chi connectivity index (χ1) is 25.0. The van der Waals surface area contributed by atoms with Gasteiger partial charge in [-0.15, -0.1) is 0 Å². The highest BCUT2D eigenvalue weighted by molar-refractivity contribution is 7.65. The number of azide groups is 1. The standard InChI is InChI=1S/C23H38N9O18P3/c24-21-18-22(28-13-27-21)32(14-29-18)23-20(36)19(35)15(47-23)12-46-51(37,38)49-53(41,42)50-52(39,40)48-17(34)3-1-2-16(33)26-4-6-43-8-10-45-11-9-44-7-5-30-31-25/h13-15,19-20,23,35-36H,1-12H2,(H,26,33)(H,37,38)(H,39,40)(H,41,42)(H2,24,27,28)/p-2/t15-,19?,20+,23-/m1/s1. The second kappa shape index (κ2) is 21.0. The highest BCUT2D eigenvalue weighted by Crippen LogP contribution is 2.64. The normalized spacial score (nSPS) is 22.0. The lowest BCUT2D eigenvalue weighted by Crippen LogP contribution is -2.33. The summed E-state index contributed by atoms with van der Waals surface area (Å²) in [7, 11) is -18.0. The molecule has 0 radical (unpaired) electrons. The molecule has 298 valence electrons. The average molecular weight is 820 g/mol. The Bertz CT molecular complexity index is 1710. The number of carbonyl (C=O) groups excluding carboxylic acids is 2. The summed E-state index contributed by atoms with van der Waals surface area (Å²) >= 11 is 0. The van der Waals surface area contributed by atoms with Crippen LogP contribution >= 0.6 is 23.5 Å². The van der Waals surface area contributed by atoms with Gasteiger partial charge in [0.1, 0.15) is 30.2 Å². The van der Waals surface area contributed by atoms with Gasteiger partial charge in [0.2, 0.25) is 5.91 Å². The third kappa shape index (κ3) is 15.2. The maximum absolute atomic E-state index is 12.3. The third-order valence-corrected chi connectivity index (χ3v) is 10.6. The molecule has 27 nitrogen and oxygen atoms in total. The molecule has 1 aliphatic rings. The van der Waals surface area contributed by atoms with Gasteiger partial charge in [0.25, 0.3) is 7.82 Å². The quantitative estimate of drug-likeness (QED) is 0.0245. The molecule has 53 heavy (non-hydrogen) atoms. The number of amides is 1. The largest absolute Gasteiger partial charge is 0.756 e. The molecule has 2 aromatic rings. The Hall–Kier alpha value is -3.19. The Morgan fingerprint density at radius 3 is 2.38 bits per heavy atom. The molecule has 7 atom stereocenters. The molecule has 0 bridgehead atoms. The van der Waals surface area contributed by atoms with E-state index in [9.17, 15) is 48.2 Å². The fourth-order valence-corrected chi connectivity index (χ4v) is 7.61. The number of aromatic nitrogens is 4. The van der Waals surface area contributed by atoms with E-state index in [1.807, 2.05) is 0 Å². The van der Waals surface area contributed by atoms with Crippen LogP contribution in [0.1, 0.15) is 25.5 Å². The lowest BCUT2D eigenvalue weighted by atomic mass is 10.1. The molecule has 1 saturated heterocycles. The lowest BCUT2D eigenvalue weighted by Gasteiger charge is -2.30. The van der Waals surface area contributed by atoms with E-state index < -0.39 is 72.9 Å². The van der Waals surface area contributed by atoms with Crippen LogP contribution in [-0.4, -0.2) is 124 Å². The van der Waals surface area contributed by atoms with Crippen molar-refractivity contribution in [2.45, 2.75) is 43.8 Å². The topological polar surface area (TPSA) is 396 Å². The van der Waals surface area contributed by atoms with Crippen LogP contribution in [0.5, 0.6) is 0 Å². The summed E-state index contributed by atoms with van der Waals surface area (Å²) in [5, 5.41) is 26.6. The molecule has 0 spiro atoms. The number of aliphatic hydroxyl groups excluding tert-OH is 2. The summed E-state index contributed by atoms with van der Waals surface area (Å²) < 4.78 is 74.5. The van der Waals surface area contributed by atoms with Gasteiger partial charge in [-0.05, 0) is 12.0 Å². The second-order valence-corrected chi connectivity index (χ2v) is 14.9. The molecule has 0 aliphatic carbocycles. The van der Waals surface area contributed by atoms with Crippen LogP contribution in [0.4, 0.5) is 5.82 Å². The number of ether oxygens (including phenoxy) is 4. The van der Waals surface area contributed by atoms with E-state index in [-0.39, 0.29) is 69.3 Å². The van der Waals surface area contributed by atoms with Crippen molar-refractivity contribution in [2.24, 2.45) is 5.11 Å². The summed E-state index contributed by atoms with van der Waals surface area (Å²) in [4.78, 5) is 72.0. The number of carbonyl (C=O) groups is 2. The number of nitrogens with one attached hydrogen (secondary N) is 1. The van der Waals surface area contributed by atoms with Gasteiger partial charge < -0.3 is 59.4 Å². The number of fused-ring (bicyclic) bond motifs is 1. The van der Waals surface area contributed by atoms with Crippen LogP contribution in [0.25, 0.3) is 21.6 Å². The minimum atomic E-state index is -6.27. The molecule has 3 rings (SSSR count). The fourth-order valence-electron chi connectivity index (χ4n) is 4.23. The van der Waals surface area contributed by atoms with Crippen molar-refractivity contribution in [3.63, 3.8) is 0 Å². The first-order valence-electron chi connectivity index (χ1n) is 15.2. The van der Waals surface area contributed by atoms with Crippen molar-refractivity contribution in [1.82, 2.24) is 24.8 Å². The summed E-state index contributed by atoms with van der Waals surface area (Å²) in [5.41, 5.74) is 14.1. The van der Waals surface area contributed by atoms with Crippen molar-refractivity contribution >= 4 is 52.3 Å². The number of anilines is 1. The number of nitrogens with two attached hydrogens (primary N) is 1. The van der Waals surface area contributed by atoms with Crippen LogP contribution in [0.2, 0.25) is 0 Å². The Morgan fingerprint density at radius 1 is 1.00 bits per heavy atom. The summed E-state index contributed by atoms with van der Waals surface area (Å²) in [6, 6.07) is 0. The van der Waals surface area contributed by atoms with Crippen LogP contribution in [0.15, 0.2) is 17.8 Å². The molecule has 2 aromatic heterocycles. The number of hydrogen-bond acceptors (Lipinski definition) is 22. The number of imidazole rings is 1. The van der Waals surface area contributed by atoms with E-state index in [2.05, 4.69) is 48.0 Å². The van der Waals surface area contributed by atoms with E-state index in [0.29, 0.717) is 13.2 Å². The molecule has 1 fully saturated rings. The molecule has 1 aliphatic heterocycles. The van der Waals surface area contributed by atoms with Crippen molar-refractivity contribution in [1.29, 1.82) is 0 Å². The van der Waals surface area contributed by atoms with Gasteiger partial charge in [-0.25, -0.2) is 28.1 Å².